The van der Waals surface area contributed by atoms with Crippen LogP contribution in [-0.4, -0.2) is 18.4 Å². The van der Waals surface area contributed by atoms with E-state index in [1.54, 1.807) is 0 Å². The van der Waals surface area contributed by atoms with Crippen LogP contribution in [0, 0.1) is 0 Å². The van der Waals surface area contributed by atoms with Crippen LogP contribution in [0.4, 0.5) is 0 Å². The molecule has 0 rings (SSSR count). The highest BCUT2D eigenvalue weighted by Crippen LogP contribution is 1.67. The van der Waals surface area contributed by atoms with Crippen LogP contribution < -0.4 is 0 Å². The molecule has 0 radical (unpaired) electrons. The van der Waals surface area contributed by atoms with E-state index in [1.165, 1.54) is 6.21 Å². The van der Waals surface area contributed by atoms with Gasteiger partial charge in [0.2, 0.25) is 0 Å². The van der Waals surface area contributed by atoms with Crippen LogP contribution >= 0.6 is 12.6 Å². The fourth-order valence-corrected chi connectivity index (χ4v) is 0.184. The lowest BCUT2D eigenvalue weighted by Gasteiger charge is -1.67. The minimum Gasteiger partial charge on any atom is -0.297 e. The van der Waals surface area contributed by atoms with E-state index in [0.29, 0.717) is 12.2 Å². The van der Waals surface area contributed by atoms with E-state index in [1.807, 2.05) is 0 Å². The van der Waals surface area contributed by atoms with E-state index in [0.717, 1.165) is 0 Å². The van der Waals surface area contributed by atoms with E-state index in [4.69, 9.17) is 0 Å². The lowest BCUT2D eigenvalue weighted by molar-refractivity contribution is -0.102. The molecule has 0 aliphatic heterocycles. The lowest BCUT2D eigenvalue weighted by Crippen LogP contribution is -1.70. The van der Waals surface area contributed by atoms with Gasteiger partial charge in [0.05, 0.1) is 12.1 Å². The molecule has 0 unspecified atom stereocenters. The molecule has 0 spiro atoms. The van der Waals surface area contributed by atoms with Crippen LogP contribution in [0.5, 0.6) is 0 Å². The molecule has 0 atom stereocenters. The second-order valence-corrected chi connectivity index (χ2v) is 0.892. The number of rotatable bonds is 2. The van der Waals surface area contributed by atoms with Gasteiger partial charge < -0.3 is 0 Å². The van der Waals surface area contributed by atoms with E-state index in [9.17, 15) is 4.79 Å². The fraction of sp³-hybridized carbons (Fsp3) is 0.333. The summed E-state index contributed by atoms with van der Waals surface area (Å²) in [5, 5.41) is 0. The predicted octanol–water partition coefficient (Wildman–Crippen LogP) is 0.143. The van der Waals surface area contributed by atoms with E-state index in [2.05, 4.69) is 17.6 Å². The summed E-state index contributed by atoms with van der Waals surface area (Å²) in [4.78, 5) is 12.8. The van der Waals surface area contributed by atoms with Gasteiger partial charge in [0.25, 0.3) is 0 Å². The molecule has 3 heteroatoms. The largest absolute Gasteiger partial charge is 0.297 e. The number of hydrogen-bond donors (Lipinski definition) is 1. The predicted molar refractivity (Wildman–Crippen MR) is 28.4 cm³/mol. The Kier molecular flexibility index (Phi) is 4.45. The molecule has 0 fully saturated rings. The maximum atomic E-state index is 9.38. The van der Waals surface area contributed by atoms with Crippen LogP contribution in [0.2, 0.25) is 0 Å². The maximum Gasteiger partial charge on any atom is 0.160 e. The molecule has 0 aliphatic rings. The molecule has 0 aromatic rings. The van der Waals surface area contributed by atoms with Gasteiger partial charge in [-0.1, -0.05) is 0 Å². The van der Waals surface area contributed by atoms with Crippen LogP contribution in [-0.2, 0) is 4.79 Å². The average molecular weight is 103 g/mol. The van der Waals surface area contributed by atoms with Crippen LogP contribution in [0.25, 0.3) is 0 Å². The highest BCUT2D eigenvalue weighted by atomic mass is 32.1. The minimum absolute atomic E-state index is 0.388. The SMILES string of the molecule is O=CC=NCS. The van der Waals surface area contributed by atoms with Crippen molar-refractivity contribution in [1.82, 2.24) is 0 Å². The zero-order chi connectivity index (χ0) is 4.83. The zero-order valence-electron chi connectivity index (χ0n) is 3.16. The van der Waals surface area contributed by atoms with Gasteiger partial charge in [-0.05, 0) is 0 Å². The first-order valence-electron chi connectivity index (χ1n) is 1.46. The van der Waals surface area contributed by atoms with Crippen molar-refractivity contribution in [2.24, 2.45) is 4.99 Å². The lowest BCUT2D eigenvalue weighted by atomic mass is 10.9. The molecular weight excluding hydrogens is 98.1 g/mol. The fourth-order valence-electron chi connectivity index (χ4n) is 0.0902. The van der Waals surface area contributed by atoms with Crippen molar-refractivity contribution in [3.05, 3.63) is 0 Å². The standard InChI is InChI=1S/C3H5NOS/c5-2-1-4-3-6/h1-2,6H,3H2. The van der Waals surface area contributed by atoms with Crippen molar-refractivity contribution in [2.75, 3.05) is 5.88 Å². The second-order valence-electron chi connectivity index (χ2n) is 0.609. The Labute approximate surface area is 41.7 Å². The maximum absolute atomic E-state index is 9.38. The van der Waals surface area contributed by atoms with Crippen molar-refractivity contribution < 1.29 is 4.79 Å². The van der Waals surface area contributed by atoms with Gasteiger partial charge in [-0.15, -0.1) is 0 Å². The number of thiol groups is 1. The molecule has 0 saturated carbocycles. The Morgan fingerprint density at radius 1 is 1.83 bits per heavy atom. The van der Waals surface area contributed by atoms with Crippen molar-refractivity contribution in [3.63, 3.8) is 0 Å². The van der Waals surface area contributed by atoms with Gasteiger partial charge >= 0.3 is 0 Å². The Hall–Kier alpha value is -0.310. The summed E-state index contributed by atoms with van der Waals surface area (Å²) in [5.41, 5.74) is 0. The smallest absolute Gasteiger partial charge is 0.160 e. The molecule has 0 aromatic heterocycles. The normalized spacial score (nSPS) is 9.50. The number of carbonyl (C=O) groups excluding carboxylic acids is 1. The zero-order valence-corrected chi connectivity index (χ0v) is 4.06. The van der Waals surface area contributed by atoms with Gasteiger partial charge in [0, 0.05) is 0 Å². The molecule has 34 valence electrons. The molecule has 0 N–H and O–H groups in total. The van der Waals surface area contributed by atoms with Crippen molar-refractivity contribution in [2.45, 2.75) is 0 Å². The molecule has 0 aromatic carbocycles. The highest BCUT2D eigenvalue weighted by molar-refractivity contribution is 7.80. The third-order valence-corrected chi connectivity index (χ3v) is 0.411. The van der Waals surface area contributed by atoms with Crippen LogP contribution in [0.15, 0.2) is 4.99 Å². The Morgan fingerprint density at radius 2 is 2.50 bits per heavy atom. The second kappa shape index (κ2) is 4.69. The summed E-state index contributed by atoms with van der Waals surface area (Å²) in [5.74, 6) is 0.388. The molecular formula is C3H5NOS. The summed E-state index contributed by atoms with van der Waals surface area (Å²) < 4.78 is 0. The third kappa shape index (κ3) is 3.69. The molecule has 0 saturated heterocycles. The van der Waals surface area contributed by atoms with Gasteiger partial charge in [-0.25, -0.2) is 0 Å². The minimum atomic E-state index is 0.388. The Morgan fingerprint density at radius 3 is 2.67 bits per heavy atom. The monoisotopic (exact) mass is 103 g/mol. The summed E-state index contributed by atoms with van der Waals surface area (Å²) in [6.45, 7) is 0. The number of aldehydes is 1. The van der Waals surface area contributed by atoms with Crippen molar-refractivity contribution in [1.29, 1.82) is 0 Å². The Bertz CT molecular complexity index is 61.8. The van der Waals surface area contributed by atoms with Gasteiger partial charge in [-0.3, -0.25) is 9.79 Å². The topological polar surface area (TPSA) is 29.4 Å². The summed E-state index contributed by atoms with van der Waals surface area (Å²) >= 11 is 3.70. The third-order valence-electron chi connectivity index (χ3n) is 0.248. The quantitative estimate of drug-likeness (QED) is 0.301. The number of hydrogen-bond acceptors (Lipinski definition) is 3. The van der Waals surface area contributed by atoms with Gasteiger partial charge in [-0.2, -0.15) is 12.6 Å². The first-order chi connectivity index (χ1) is 2.91. The molecule has 6 heavy (non-hydrogen) atoms. The van der Waals surface area contributed by atoms with Crippen LogP contribution in [0.3, 0.4) is 0 Å². The summed E-state index contributed by atoms with van der Waals surface area (Å²) in [7, 11) is 0. The van der Waals surface area contributed by atoms with Crippen LogP contribution in [0.1, 0.15) is 0 Å². The van der Waals surface area contributed by atoms with E-state index in [-0.39, 0.29) is 0 Å². The molecule has 0 bridgehead atoms. The van der Waals surface area contributed by atoms with Crippen molar-refractivity contribution in [3.8, 4) is 0 Å². The highest BCUT2D eigenvalue weighted by Gasteiger charge is 1.58. The first kappa shape index (κ1) is 5.69. The molecule has 2 nitrogen and oxygen atoms in total. The number of nitrogens with zero attached hydrogens (tertiary/aromatic N) is 1. The number of aliphatic imine (C=N–C) groups is 1. The molecule has 0 heterocycles. The van der Waals surface area contributed by atoms with E-state index < -0.39 is 0 Å². The first-order valence-corrected chi connectivity index (χ1v) is 2.09. The average Bonchev–Trinajstić information content (AvgIpc) is 1.61. The van der Waals surface area contributed by atoms with E-state index >= 15 is 0 Å². The van der Waals surface area contributed by atoms with Gasteiger partial charge in [0.15, 0.2) is 6.29 Å². The van der Waals surface area contributed by atoms with Crippen molar-refractivity contribution >= 4 is 25.1 Å². The number of carbonyl (C=O) groups is 1. The van der Waals surface area contributed by atoms with Gasteiger partial charge in [0.1, 0.15) is 0 Å². The Balaban J connectivity index is 2.94. The molecule has 0 aliphatic carbocycles. The summed E-state index contributed by atoms with van der Waals surface area (Å²) in [6, 6.07) is 0. The molecule has 0 amide bonds. The summed E-state index contributed by atoms with van der Waals surface area (Å²) in [6.07, 6.45) is 1.79.